The van der Waals surface area contributed by atoms with Crippen LogP contribution in [0.1, 0.15) is 50.2 Å². The van der Waals surface area contributed by atoms with Crippen LogP contribution in [-0.2, 0) is 14.3 Å². The number of fused-ring (bicyclic) bond motifs is 3. The maximum atomic E-state index is 13.2. The monoisotopic (exact) mass is 464 g/mol. The van der Waals surface area contributed by atoms with Crippen LogP contribution in [0.5, 0.6) is 0 Å². The number of carbonyl (C=O) groups is 3. The first-order valence-corrected chi connectivity index (χ1v) is 12.0. The summed E-state index contributed by atoms with van der Waals surface area (Å²) in [6, 6.07) is 16.3. The Labute approximate surface area is 200 Å². The van der Waals surface area contributed by atoms with Gasteiger partial charge < -0.3 is 20.1 Å². The molecule has 7 nitrogen and oxygen atoms in total. The smallest absolute Gasteiger partial charge is 0.407 e. The highest BCUT2D eigenvalue weighted by molar-refractivity contribution is 5.84. The van der Waals surface area contributed by atoms with E-state index in [9.17, 15) is 14.4 Å². The van der Waals surface area contributed by atoms with Gasteiger partial charge in [-0.25, -0.2) is 4.79 Å². The maximum Gasteiger partial charge on any atom is 0.407 e. The van der Waals surface area contributed by atoms with Crippen molar-refractivity contribution >= 4 is 18.0 Å². The van der Waals surface area contributed by atoms with Crippen LogP contribution in [0.4, 0.5) is 4.79 Å². The molecule has 2 aromatic rings. The predicted molar refractivity (Wildman–Crippen MR) is 128 cm³/mol. The van der Waals surface area contributed by atoms with Crippen LogP contribution in [-0.4, -0.2) is 54.2 Å². The molecule has 0 bridgehead atoms. The van der Waals surface area contributed by atoms with Gasteiger partial charge in [-0.05, 0) is 35.1 Å². The number of hydrogen-bond donors (Lipinski definition) is 2. The summed E-state index contributed by atoms with van der Waals surface area (Å²) in [7, 11) is 0. The van der Waals surface area contributed by atoms with Crippen molar-refractivity contribution in [2.75, 3.05) is 26.2 Å². The van der Waals surface area contributed by atoms with Crippen molar-refractivity contribution in [1.29, 1.82) is 0 Å². The normalized spacial score (nSPS) is 15.3. The molecule has 1 aliphatic heterocycles. The molecule has 0 saturated carbocycles. The van der Waals surface area contributed by atoms with E-state index < -0.39 is 17.5 Å². The number of hydrogen-bond acceptors (Lipinski definition) is 4. The Hall–Kier alpha value is -3.35. The third-order valence-corrected chi connectivity index (χ3v) is 7.43. The van der Waals surface area contributed by atoms with E-state index >= 15 is 0 Å². The highest BCUT2D eigenvalue weighted by Crippen LogP contribution is 2.44. The quantitative estimate of drug-likeness (QED) is 0.578. The minimum atomic E-state index is -0.841. The first kappa shape index (κ1) is 23.8. The Morgan fingerprint density at radius 3 is 2.09 bits per heavy atom. The summed E-state index contributed by atoms with van der Waals surface area (Å²) in [4.78, 5) is 38.4. The Bertz CT molecular complexity index is 1030. The molecule has 0 unspecified atom stereocenters. The van der Waals surface area contributed by atoms with Crippen LogP contribution in [0.3, 0.4) is 0 Å². The summed E-state index contributed by atoms with van der Waals surface area (Å²) in [5, 5.41) is 11.8. The van der Waals surface area contributed by atoms with Gasteiger partial charge in [-0.2, -0.15) is 0 Å². The predicted octanol–water partition coefficient (Wildman–Crippen LogP) is 4.26. The van der Waals surface area contributed by atoms with Crippen molar-refractivity contribution in [1.82, 2.24) is 10.2 Å². The maximum absolute atomic E-state index is 13.2. The Kier molecular flexibility index (Phi) is 6.91. The van der Waals surface area contributed by atoms with Crippen molar-refractivity contribution in [3.8, 4) is 11.1 Å². The van der Waals surface area contributed by atoms with Gasteiger partial charge in [0.05, 0.1) is 11.8 Å². The van der Waals surface area contributed by atoms with Gasteiger partial charge in [0.25, 0.3) is 0 Å². The summed E-state index contributed by atoms with van der Waals surface area (Å²) in [6.45, 7) is 5.21. The second-order valence-electron chi connectivity index (χ2n) is 9.34. The van der Waals surface area contributed by atoms with E-state index in [-0.39, 0.29) is 37.3 Å². The second kappa shape index (κ2) is 9.87. The molecule has 0 aromatic heterocycles. The van der Waals surface area contributed by atoms with Crippen molar-refractivity contribution < 1.29 is 24.2 Å². The zero-order valence-electron chi connectivity index (χ0n) is 19.8. The molecule has 0 radical (unpaired) electrons. The lowest BCUT2D eigenvalue weighted by Crippen LogP contribution is -2.57. The molecule has 1 fully saturated rings. The highest BCUT2D eigenvalue weighted by atomic mass is 16.5. The van der Waals surface area contributed by atoms with Gasteiger partial charge >= 0.3 is 12.1 Å². The zero-order chi connectivity index (χ0) is 24.3. The van der Waals surface area contributed by atoms with E-state index in [0.29, 0.717) is 25.9 Å². The fraction of sp³-hybridized carbons (Fsp3) is 0.444. The number of carboxylic acids is 1. The molecule has 34 heavy (non-hydrogen) atoms. The SMILES string of the molecule is CCC(CC)(CNC(=O)OCC1c2ccccc2-c2ccccc21)C(=O)N1CC(CC(=O)O)C1. The molecule has 2 aromatic carbocycles. The Morgan fingerprint density at radius 1 is 1.00 bits per heavy atom. The molecule has 180 valence electrons. The lowest BCUT2D eigenvalue weighted by Gasteiger charge is -2.44. The fourth-order valence-corrected chi connectivity index (χ4v) is 5.22. The molecule has 4 rings (SSSR count). The minimum Gasteiger partial charge on any atom is -0.481 e. The third-order valence-electron chi connectivity index (χ3n) is 7.43. The molecule has 1 heterocycles. The van der Waals surface area contributed by atoms with Gasteiger partial charge in [0.2, 0.25) is 5.91 Å². The lowest BCUT2D eigenvalue weighted by atomic mass is 9.79. The van der Waals surface area contributed by atoms with Crippen molar-refractivity contribution in [2.45, 2.75) is 39.0 Å². The molecule has 1 saturated heterocycles. The molecule has 2 amide bonds. The van der Waals surface area contributed by atoms with Gasteiger partial charge in [0.1, 0.15) is 6.61 Å². The fourth-order valence-electron chi connectivity index (χ4n) is 5.22. The number of amides is 2. The molecule has 2 N–H and O–H groups in total. The van der Waals surface area contributed by atoms with Crippen LogP contribution in [0.2, 0.25) is 0 Å². The van der Waals surface area contributed by atoms with E-state index in [1.165, 1.54) is 11.1 Å². The summed E-state index contributed by atoms with van der Waals surface area (Å²) in [5.41, 5.74) is 3.92. The number of likely N-dealkylation sites (tertiary alicyclic amines) is 1. The average molecular weight is 465 g/mol. The number of alkyl carbamates (subject to hydrolysis) is 1. The van der Waals surface area contributed by atoms with Crippen LogP contribution >= 0.6 is 0 Å². The van der Waals surface area contributed by atoms with Gasteiger partial charge in [-0.3, -0.25) is 9.59 Å². The number of benzene rings is 2. The molecule has 0 atom stereocenters. The largest absolute Gasteiger partial charge is 0.481 e. The second-order valence-corrected chi connectivity index (χ2v) is 9.34. The van der Waals surface area contributed by atoms with E-state index in [0.717, 1.165) is 11.1 Å². The molecule has 7 heteroatoms. The number of nitrogens with one attached hydrogen (secondary N) is 1. The van der Waals surface area contributed by atoms with Gasteiger partial charge in [0.15, 0.2) is 0 Å². The van der Waals surface area contributed by atoms with E-state index in [4.69, 9.17) is 9.84 Å². The topological polar surface area (TPSA) is 95.9 Å². The number of carbonyl (C=O) groups excluding carboxylic acids is 2. The summed E-state index contributed by atoms with van der Waals surface area (Å²) < 4.78 is 5.63. The third kappa shape index (κ3) is 4.52. The van der Waals surface area contributed by atoms with Gasteiger partial charge in [0, 0.05) is 31.5 Å². The Morgan fingerprint density at radius 2 is 1.56 bits per heavy atom. The first-order chi connectivity index (χ1) is 16.4. The molecule has 0 spiro atoms. The van der Waals surface area contributed by atoms with E-state index in [1.54, 1.807) is 4.90 Å². The number of rotatable bonds is 9. The van der Waals surface area contributed by atoms with Crippen molar-refractivity contribution in [3.05, 3.63) is 59.7 Å². The number of nitrogens with zero attached hydrogens (tertiary/aromatic N) is 1. The van der Waals surface area contributed by atoms with Crippen molar-refractivity contribution in [2.24, 2.45) is 11.3 Å². The summed E-state index contributed by atoms with van der Waals surface area (Å²) >= 11 is 0. The van der Waals surface area contributed by atoms with Gasteiger partial charge in [-0.1, -0.05) is 62.4 Å². The number of ether oxygens (including phenoxy) is 1. The summed E-state index contributed by atoms with van der Waals surface area (Å²) in [5.74, 6) is -0.888. The summed E-state index contributed by atoms with van der Waals surface area (Å²) in [6.07, 6.45) is 0.693. The molecular weight excluding hydrogens is 432 g/mol. The van der Waals surface area contributed by atoms with Crippen LogP contribution in [0.25, 0.3) is 11.1 Å². The standard InChI is InChI=1S/C27H32N2O5/c1-3-27(4-2,25(32)29-14-18(15-29)13-24(30)31)17-28-26(33)34-16-23-21-11-7-5-9-19(21)20-10-6-8-12-22(20)23/h5-12,18,23H,3-4,13-17H2,1-2H3,(H,28,33)(H,30,31). The van der Waals surface area contributed by atoms with Crippen LogP contribution < -0.4 is 5.32 Å². The zero-order valence-corrected chi connectivity index (χ0v) is 19.8. The highest BCUT2D eigenvalue weighted by Gasteiger charge is 2.43. The van der Waals surface area contributed by atoms with Crippen LogP contribution in [0.15, 0.2) is 48.5 Å². The van der Waals surface area contributed by atoms with Crippen molar-refractivity contribution in [3.63, 3.8) is 0 Å². The van der Waals surface area contributed by atoms with Crippen LogP contribution in [0, 0.1) is 11.3 Å². The first-order valence-electron chi connectivity index (χ1n) is 12.0. The molecule has 1 aliphatic carbocycles. The molecular formula is C27H32N2O5. The minimum absolute atomic E-state index is 0.00273. The lowest BCUT2D eigenvalue weighted by molar-refractivity contribution is -0.152. The molecule has 2 aliphatic rings. The average Bonchev–Trinajstić information content (AvgIpc) is 3.14. The van der Waals surface area contributed by atoms with E-state index in [1.807, 2.05) is 38.1 Å². The number of aliphatic carboxylic acids is 1. The van der Waals surface area contributed by atoms with Gasteiger partial charge in [-0.15, -0.1) is 0 Å². The Balaban J connectivity index is 1.35. The van der Waals surface area contributed by atoms with E-state index in [2.05, 4.69) is 29.6 Å². The number of carboxylic acid groups (broad SMARTS) is 1.